The fourth-order valence-corrected chi connectivity index (χ4v) is 1.90. The van der Waals surface area contributed by atoms with E-state index in [1.165, 1.54) is 11.3 Å². The molecule has 0 spiro atoms. The van der Waals surface area contributed by atoms with Crippen molar-refractivity contribution in [1.82, 2.24) is 15.6 Å². The number of aromatic nitrogens is 1. The smallest absolute Gasteiger partial charge is 0.241 e. The quantitative estimate of drug-likeness (QED) is 0.718. The zero-order valence-corrected chi connectivity index (χ0v) is 11.3. The van der Waals surface area contributed by atoms with Gasteiger partial charge in [-0.15, -0.1) is 36.2 Å². The Labute approximate surface area is 116 Å². The number of hydrogen-bond donors (Lipinski definition) is 3. The van der Waals surface area contributed by atoms with Crippen LogP contribution < -0.4 is 16.4 Å². The summed E-state index contributed by atoms with van der Waals surface area (Å²) in [7, 11) is 0. The van der Waals surface area contributed by atoms with Crippen LogP contribution in [0.5, 0.6) is 0 Å². The van der Waals surface area contributed by atoms with Crippen LogP contribution in [0.15, 0.2) is 17.5 Å². The van der Waals surface area contributed by atoms with E-state index in [-0.39, 0.29) is 36.8 Å². The molecule has 5 nitrogen and oxygen atoms in total. The molecule has 1 aromatic heterocycles. The van der Waals surface area contributed by atoms with Crippen molar-refractivity contribution in [1.29, 1.82) is 0 Å². The minimum atomic E-state index is -0.207. The molecule has 0 bridgehead atoms. The van der Waals surface area contributed by atoms with Gasteiger partial charge in [0.25, 0.3) is 0 Å². The van der Waals surface area contributed by atoms with Crippen molar-refractivity contribution in [2.24, 2.45) is 0 Å². The highest BCUT2D eigenvalue weighted by molar-refractivity contribution is 7.13. The minimum Gasteiger partial charge on any atom is -0.375 e. The number of nitrogens with two attached hydrogens (primary N) is 1. The van der Waals surface area contributed by atoms with Crippen molar-refractivity contribution in [3.8, 4) is 0 Å². The molecular weight excluding hydrogens is 283 g/mol. The summed E-state index contributed by atoms with van der Waals surface area (Å²) in [5.74, 6) is -0.0321. The Morgan fingerprint density at radius 3 is 2.94 bits per heavy atom. The Morgan fingerprint density at radius 2 is 2.41 bits per heavy atom. The number of thiazole rings is 1. The monoisotopic (exact) mass is 296 g/mol. The topological polar surface area (TPSA) is 80.0 Å². The second-order valence-electron chi connectivity index (χ2n) is 3.21. The van der Waals surface area contributed by atoms with Gasteiger partial charge in [-0.2, -0.15) is 0 Å². The molecule has 17 heavy (non-hydrogen) atoms. The van der Waals surface area contributed by atoms with E-state index in [0.717, 1.165) is 12.2 Å². The van der Waals surface area contributed by atoms with Crippen LogP contribution in [0.3, 0.4) is 0 Å². The molecule has 2 heterocycles. The van der Waals surface area contributed by atoms with Crippen LogP contribution in [0.25, 0.3) is 0 Å². The molecule has 0 fully saturated rings. The predicted octanol–water partition coefficient (Wildman–Crippen LogP) is 0.713. The van der Waals surface area contributed by atoms with E-state index >= 15 is 0 Å². The lowest BCUT2D eigenvalue weighted by Gasteiger charge is -2.08. The highest BCUT2D eigenvalue weighted by Gasteiger charge is 2.16. The fourth-order valence-electron chi connectivity index (χ4n) is 1.34. The van der Waals surface area contributed by atoms with E-state index < -0.39 is 0 Å². The van der Waals surface area contributed by atoms with E-state index in [2.05, 4.69) is 15.6 Å². The van der Waals surface area contributed by atoms with Crippen LogP contribution in [-0.4, -0.2) is 23.5 Å². The van der Waals surface area contributed by atoms with Gasteiger partial charge in [-0.05, 0) is 0 Å². The summed E-state index contributed by atoms with van der Waals surface area (Å²) in [6.07, 6.45) is 3.79. The molecule has 0 saturated carbocycles. The maximum Gasteiger partial charge on any atom is 0.241 e. The highest BCUT2D eigenvalue weighted by Crippen LogP contribution is 2.10. The van der Waals surface area contributed by atoms with Gasteiger partial charge in [0.05, 0.1) is 12.2 Å². The molecule has 8 heteroatoms. The Morgan fingerprint density at radius 1 is 1.65 bits per heavy atom. The van der Waals surface area contributed by atoms with E-state index in [4.69, 9.17) is 5.73 Å². The number of amides is 1. The van der Waals surface area contributed by atoms with Gasteiger partial charge in [-0.25, -0.2) is 4.98 Å². The number of nitrogen functional groups attached to an aromatic ring is 1. The molecule has 1 aromatic rings. The Kier molecular flexibility index (Phi) is 7.13. The maximum atomic E-state index is 11.5. The normalized spacial score (nSPS) is 17.1. The molecule has 4 N–H and O–H groups in total. The highest BCUT2D eigenvalue weighted by atomic mass is 35.5. The van der Waals surface area contributed by atoms with Gasteiger partial charge in [0.2, 0.25) is 5.91 Å². The molecule has 0 aromatic carbocycles. The third-order valence-corrected chi connectivity index (χ3v) is 2.80. The number of carbonyl (C=O) groups excluding carboxylic acids is 1. The Bertz CT molecular complexity index is 396. The van der Waals surface area contributed by atoms with Crippen molar-refractivity contribution < 1.29 is 4.79 Å². The molecule has 0 radical (unpaired) electrons. The summed E-state index contributed by atoms with van der Waals surface area (Å²) in [5, 5.41) is 8.19. The summed E-state index contributed by atoms with van der Waals surface area (Å²) in [5.41, 5.74) is 6.28. The summed E-state index contributed by atoms with van der Waals surface area (Å²) in [6, 6.07) is -0.207. The van der Waals surface area contributed by atoms with Crippen molar-refractivity contribution in [2.45, 2.75) is 12.6 Å². The van der Waals surface area contributed by atoms with Crippen LogP contribution in [0.4, 0.5) is 5.13 Å². The van der Waals surface area contributed by atoms with Crippen molar-refractivity contribution in [2.75, 3.05) is 12.3 Å². The first-order valence-corrected chi connectivity index (χ1v) is 5.51. The third kappa shape index (κ3) is 4.51. The van der Waals surface area contributed by atoms with Crippen LogP contribution in [0, 0.1) is 0 Å². The number of rotatable bonds is 3. The Balaban J connectivity index is 0.00000128. The molecule has 2 rings (SSSR count). The zero-order chi connectivity index (χ0) is 10.7. The van der Waals surface area contributed by atoms with Gasteiger partial charge in [-0.1, -0.05) is 12.2 Å². The lowest BCUT2D eigenvalue weighted by atomic mass is 10.3. The van der Waals surface area contributed by atoms with Gasteiger partial charge < -0.3 is 11.1 Å². The average Bonchev–Trinajstić information content (AvgIpc) is 2.84. The van der Waals surface area contributed by atoms with Crippen LogP contribution in [-0.2, 0) is 11.3 Å². The second kappa shape index (κ2) is 7.50. The number of anilines is 1. The molecular formula is C9H14Cl2N4OS. The first-order chi connectivity index (χ1) is 7.25. The molecule has 1 aliphatic rings. The number of nitrogens with zero attached hydrogens (tertiary/aromatic N) is 1. The van der Waals surface area contributed by atoms with Crippen molar-refractivity contribution >= 4 is 47.2 Å². The van der Waals surface area contributed by atoms with Gasteiger partial charge in [-0.3, -0.25) is 10.1 Å². The summed E-state index contributed by atoms with van der Waals surface area (Å²) in [6.45, 7) is 1.18. The molecule has 1 atom stereocenters. The number of hydrogen-bond acceptors (Lipinski definition) is 5. The largest absolute Gasteiger partial charge is 0.375 e. The fraction of sp³-hybridized carbons (Fsp3) is 0.333. The SMILES string of the molecule is Cl.Cl.Nc1nc(CNC(=O)C2C=CCN2)cs1. The summed E-state index contributed by atoms with van der Waals surface area (Å²) >= 11 is 1.37. The second-order valence-corrected chi connectivity index (χ2v) is 4.10. The summed E-state index contributed by atoms with van der Waals surface area (Å²) < 4.78 is 0. The van der Waals surface area contributed by atoms with Gasteiger partial charge in [0, 0.05) is 11.9 Å². The van der Waals surface area contributed by atoms with Crippen LogP contribution in [0.2, 0.25) is 0 Å². The molecule has 1 aliphatic heterocycles. The number of halogens is 2. The Hall–Kier alpha value is -0.820. The van der Waals surface area contributed by atoms with Crippen LogP contribution >= 0.6 is 36.2 Å². The predicted molar refractivity (Wildman–Crippen MR) is 73.8 cm³/mol. The van der Waals surface area contributed by atoms with Gasteiger partial charge in [0.15, 0.2) is 5.13 Å². The first kappa shape index (κ1) is 16.2. The standard InChI is InChI=1S/C9H12N4OS.2ClH/c10-9-13-6(5-15-9)4-12-8(14)7-2-1-3-11-7;;/h1-2,5,7,11H,3-4H2,(H2,10,13)(H,12,14);2*1H. The van der Waals surface area contributed by atoms with E-state index in [1.54, 1.807) is 0 Å². The van der Waals surface area contributed by atoms with Crippen molar-refractivity contribution in [3.63, 3.8) is 0 Å². The van der Waals surface area contributed by atoms with Crippen LogP contribution in [0.1, 0.15) is 5.69 Å². The third-order valence-electron chi connectivity index (χ3n) is 2.08. The van der Waals surface area contributed by atoms with E-state index in [9.17, 15) is 4.79 Å². The van der Waals surface area contributed by atoms with Gasteiger partial charge in [0.1, 0.15) is 6.04 Å². The lowest BCUT2D eigenvalue weighted by Crippen LogP contribution is -2.40. The van der Waals surface area contributed by atoms with Gasteiger partial charge >= 0.3 is 0 Å². The molecule has 1 unspecified atom stereocenters. The molecule has 0 aliphatic carbocycles. The number of nitrogens with one attached hydrogen (secondary N) is 2. The molecule has 0 saturated heterocycles. The van der Waals surface area contributed by atoms with E-state index in [0.29, 0.717) is 11.7 Å². The van der Waals surface area contributed by atoms with E-state index in [1.807, 2.05) is 17.5 Å². The van der Waals surface area contributed by atoms with Crippen molar-refractivity contribution in [3.05, 3.63) is 23.2 Å². The average molecular weight is 297 g/mol. The number of carbonyl (C=O) groups is 1. The minimum absolute atomic E-state index is 0. The lowest BCUT2D eigenvalue weighted by molar-refractivity contribution is -0.122. The zero-order valence-electron chi connectivity index (χ0n) is 8.88. The molecule has 96 valence electrons. The maximum absolute atomic E-state index is 11.5. The molecule has 1 amide bonds. The first-order valence-electron chi connectivity index (χ1n) is 4.63. The summed E-state index contributed by atoms with van der Waals surface area (Å²) in [4.78, 5) is 15.6.